The molecule has 2 atom stereocenters. The Morgan fingerprint density at radius 2 is 1.97 bits per heavy atom. The number of anilines is 2. The van der Waals surface area contributed by atoms with Crippen LogP contribution in [0.3, 0.4) is 0 Å². The highest BCUT2D eigenvalue weighted by Gasteiger charge is 2.27. The third-order valence-corrected chi connectivity index (χ3v) is 7.83. The van der Waals surface area contributed by atoms with Gasteiger partial charge in [0.25, 0.3) is 0 Å². The summed E-state index contributed by atoms with van der Waals surface area (Å²) < 4.78 is 21.4. The van der Waals surface area contributed by atoms with Crippen LogP contribution in [-0.4, -0.2) is 45.6 Å². The topological polar surface area (TPSA) is 99.2 Å². The minimum Gasteiger partial charge on any atom is -0.354 e. The maximum atomic E-state index is 13.0. The summed E-state index contributed by atoms with van der Waals surface area (Å²) in [5, 5.41) is 1.03. The van der Waals surface area contributed by atoms with Crippen molar-refractivity contribution in [3.8, 4) is 0 Å². The van der Waals surface area contributed by atoms with E-state index in [9.17, 15) is 4.21 Å². The van der Waals surface area contributed by atoms with Crippen molar-refractivity contribution in [2.24, 2.45) is 5.73 Å². The molecule has 3 N–H and O–H groups in total. The molecule has 2 aliphatic heterocycles. The fourth-order valence-electron chi connectivity index (χ4n) is 4.34. The molecule has 1 unspecified atom stereocenters. The van der Waals surface area contributed by atoms with Gasteiger partial charge < -0.3 is 15.5 Å². The number of hydrogen-bond donors (Lipinski definition) is 2. The zero-order valence-corrected chi connectivity index (χ0v) is 17.9. The van der Waals surface area contributed by atoms with Crippen molar-refractivity contribution in [3.05, 3.63) is 53.6 Å². The second kappa shape index (κ2) is 7.21. The van der Waals surface area contributed by atoms with Crippen molar-refractivity contribution in [1.82, 2.24) is 9.97 Å². The normalized spacial score (nSPS) is 24.1. The highest BCUT2D eigenvalue weighted by Crippen LogP contribution is 2.31. The fraction of sp³-hybridized carbons (Fsp3) is 0.364. The van der Waals surface area contributed by atoms with E-state index in [1.54, 1.807) is 0 Å². The molecule has 3 heterocycles. The van der Waals surface area contributed by atoms with Crippen LogP contribution in [0.1, 0.15) is 17.5 Å². The lowest BCUT2D eigenvalue weighted by molar-refractivity contribution is 0.674. The number of fused-ring (bicyclic) bond motifs is 2. The Morgan fingerprint density at radius 3 is 2.77 bits per heavy atom. The summed E-state index contributed by atoms with van der Waals surface area (Å²) in [4.78, 5) is 14.8. The van der Waals surface area contributed by atoms with Crippen LogP contribution in [0.4, 0.5) is 11.8 Å². The molecule has 2 aromatic carbocycles. The first-order chi connectivity index (χ1) is 14.4. The zero-order chi connectivity index (χ0) is 20.9. The highest BCUT2D eigenvalue weighted by molar-refractivity contribution is 7.92. The second-order valence-corrected chi connectivity index (χ2v) is 10.5. The average Bonchev–Trinajstić information content (AvgIpc) is 3.11. The maximum absolute atomic E-state index is 13.0. The van der Waals surface area contributed by atoms with Gasteiger partial charge in [0.15, 0.2) is 0 Å². The van der Waals surface area contributed by atoms with E-state index in [0.717, 1.165) is 41.8 Å². The fourth-order valence-corrected chi connectivity index (χ4v) is 5.89. The molecule has 0 amide bonds. The van der Waals surface area contributed by atoms with Crippen molar-refractivity contribution in [1.29, 1.82) is 4.78 Å². The molecular formula is C22H26N6OS. The van der Waals surface area contributed by atoms with Gasteiger partial charge in [-0.2, -0.15) is 4.98 Å². The molecule has 2 aliphatic rings. The van der Waals surface area contributed by atoms with Gasteiger partial charge in [0.05, 0.1) is 25.9 Å². The quantitative estimate of drug-likeness (QED) is 0.659. The van der Waals surface area contributed by atoms with Crippen LogP contribution in [0.15, 0.2) is 47.4 Å². The third kappa shape index (κ3) is 3.40. The van der Waals surface area contributed by atoms with Crippen LogP contribution in [0, 0.1) is 11.7 Å². The largest absolute Gasteiger partial charge is 0.354 e. The molecule has 0 spiro atoms. The first-order valence-electron chi connectivity index (χ1n) is 10.3. The van der Waals surface area contributed by atoms with Gasteiger partial charge in [-0.1, -0.05) is 29.8 Å². The second-order valence-electron chi connectivity index (χ2n) is 8.27. The smallest absolute Gasteiger partial charge is 0.228 e. The van der Waals surface area contributed by atoms with Crippen LogP contribution in [0.5, 0.6) is 0 Å². The molecule has 8 heteroatoms. The number of aromatic nitrogens is 2. The summed E-state index contributed by atoms with van der Waals surface area (Å²) >= 11 is 0. The van der Waals surface area contributed by atoms with E-state index < -0.39 is 9.73 Å². The number of nitrogens with one attached hydrogen (secondary N) is 1. The van der Waals surface area contributed by atoms with E-state index in [2.05, 4.69) is 28.9 Å². The Balaban J connectivity index is 1.62. The van der Waals surface area contributed by atoms with Crippen LogP contribution >= 0.6 is 0 Å². The standard InChI is InChI=1S/C22H26N6OS/c1-15-6-7-19-18(12-15)21(27-9-8-17(23)14-27)26-22(25-19)28-10-11-30(24,29)20-5-3-2-4-16(20)13-28/h2-7,12,17,24H,8-11,13-14,23H2,1H3/t17-,30?/m1/s1. The molecule has 156 valence electrons. The lowest BCUT2D eigenvalue weighted by atomic mass is 10.1. The zero-order valence-electron chi connectivity index (χ0n) is 17.0. The minimum absolute atomic E-state index is 0.154. The van der Waals surface area contributed by atoms with E-state index in [1.807, 2.05) is 30.3 Å². The first-order valence-corrected chi connectivity index (χ1v) is 12.0. The van der Waals surface area contributed by atoms with E-state index in [0.29, 0.717) is 23.9 Å². The first kappa shape index (κ1) is 19.3. The highest BCUT2D eigenvalue weighted by atomic mass is 32.2. The summed E-state index contributed by atoms with van der Waals surface area (Å²) in [5.74, 6) is 1.80. The Labute approximate surface area is 176 Å². The molecule has 1 fully saturated rings. The van der Waals surface area contributed by atoms with Crippen LogP contribution < -0.4 is 15.5 Å². The van der Waals surface area contributed by atoms with Crippen molar-refractivity contribution in [2.75, 3.05) is 35.2 Å². The van der Waals surface area contributed by atoms with Crippen LogP contribution in [-0.2, 0) is 16.3 Å². The molecule has 7 nitrogen and oxygen atoms in total. The number of hydrogen-bond acceptors (Lipinski definition) is 7. The molecular weight excluding hydrogens is 396 g/mol. The predicted octanol–water partition coefficient (Wildman–Crippen LogP) is 2.90. The van der Waals surface area contributed by atoms with Gasteiger partial charge in [-0.05, 0) is 37.1 Å². The van der Waals surface area contributed by atoms with Crippen molar-refractivity contribution < 1.29 is 4.21 Å². The summed E-state index contributed by atoms with van der Waals surface area (Å²) in [5.41, 5.74) is 9.14. The molecule has 30 heavy (non-hydrogen) atoms. The monoisotopic (exact) mass is 422 g/mol. The Kier molecular flexibility index (Phi) is 4.63. The van der Waals surface area contributed by atoms with E-state index >= 15 is 0 Å². The van der Waals surface area contributed by atoms with E-state index in [1.165, 1.54) is 5.56 Å². The van der Waals surface area contributed by atoms with Gasteiger partial charge in [0, 0.05) is 37.6 Å². The number of rotatable bonds is 2. The maximum Gasteiger partial charge on any atom is 0.228 e. The molecule has 5 rings (SSSR count). The summed E-state index contributed by atoms with van der Waals surface area (Å²) in [7, 11) is -2.82. The number of nitrogens with zero attached hydrogens (tertiary/aromatic N) is 4. The Morgan fingerprint density at radius 1 is 1.13 bits per heavy atom. The SMILES string of the molecule is Cc1ccc2nc(N3CCS(=N)(=O)c4ccccc4C3)nc(N3CC[C@@H](N)C3)c2c1. The number of aryl methyl sites for hydroxylation is 1. The summed E-state index contributed by atoms with van der Waals surface area (Å²) in [6, 6.07) is 13.9. The van der Waals surface area contributed by atoms with Gasteiger partial charge >= 0.3 is 0 Å². The van der Waals surface area contributed by atoms with E-state index in [4.69, 9.17) is 20.5 Å². The third-order valence-electron chi connectivity index (χ3n) is 5.96. The Hall–Kier alpha value is -2.71. The predicted molar refractivity (Wildman–Crippen MR) is 121 cm³/mol. The van der Waals surface area contributed by atoms with E-state index in [-0.39, 0.29) is 11.8 Å². The summed E-state index contributed by atoms with van der Waals surface area (Å²) in [6.45, 7) is 4.76. The molecule has 1 saturated heterocycles. The molecule has 0 bridgehead atoms. The van der Waals surface area contributed by atoms with Crippen LogP contribution in [0.2, 0.25) is 0 Å². The lowest BCUT2D eigenvalue weighted by Crippen LogP contribution is -2.30. The molecule has 0 aliphatic carbocycles. The summed E-state index contributed by atoms with van der Waals surface area (Å²) in [6.07, 6.45) is 0.949. The van der Waals surface area contributed by atoms with Crippen LogP contribution in [0.25, 0.3) is 10.9 Å². The minimum atomic E-state index is -2.82. The molecule has 1 aromatic heterocycles. The van der Waals surface area contributed by atoms with Crippen molar-refractivity contribution in [2.45, 2.75) is 30.8 Å². The lowest BCUT2D eigenvalue weighted by Gasteiger charge is -2.25. The molecule has 3 aromatic rings. The Bertz CT molecular complexity index is 1230. The molecule has 0 saturated carbocycles. The molecule has 0 radical (unpaired) electrons. The van der Waals surface area contributed by atoms with Gasteiger partial charge in [-0.25, -0.2) is 14.0 Å². The number of benzene rings is 2. The van der Waals surface area contributed by atoms with Crippen molar-refractivity contribution >= 4 is 32.4 Å². The van der Waals surface area contributed by atoms with Gasteiger partial charge in [0.1, 0.15) is 5.82 Å². The van der Waals surface area contributed by atoms with Gasteiger partial charge in [-0.15, -0.1) is 0 Å². The van der Waals surface area contributed by atoms with Crippen molar-refractivity contribution in [3.63, 3.8) is 0 Å². The van der Waals surface area contributed by atoms with Gasteiger partial charge in [-0.3, -0.25) is 0 Å². The van der Waals surface area contributed by atoms with Gasteiger partial charge in [0.2, 0.25) is 5.95 Å². The average molecular weight is 423 g/mol. The number of nitrogens with two attached hydrogens (primary N) is 1.